The fraction of sp³-hybridized carbons (Fsp3) is 0.667. The molecular formula is C27H38FN. The van der Waals surface area contributed by atoms with Crippen molar-refractivity contribution < 1.29 is 4.39 Å². The van der Waals surface area contributed by atoms with Gasteiger partial charge in [0.05, 0.1) is 0 Å². The van der Waals surface area contributed by atoms with Gasteiger partial charge in [-0.25, -0.2) is 0 Å². The molecule has 158 valence electrons. The maximum Gasteiger partial charge on any atom is 0.196 e. The van der Waals surface area contributed by atoms with Crippen molar-refractivity contribution >= 4 is 0 Å². The highest BCUT2D eigenvalue weighted by Crippen LogP contribution is 2.44. The van der Waals surface area contributed by atoms with Gasteiger partial charge in [-0.05, 0) is 105 Å². The number of benzene rings is 1. The summed E-state index contributed by atoms with van der Waals surface area (Å²) in [5.74, 6) is 2.72. The Kier molecular flexibility index (Phi) is 8.78. The van der Waals surface area contributed by atoms with Gasteiger partial charge in [0.1, 0.15) is 6.07 Å². The average Bonchev–Trinajstić information content (AvgIpc) is 2.78. The van der Waals surface area contributed by atoms with Crippen molar-refractivity contribution in [3.05, 3.63) is 47.3 Å². The summed E-state index contributed by atoms with van der Waals surface area (Å²) in [6.07, 6.45) is 17.8. The van der Waals surface area contributed by atoms with Crippen LogP contribution in [0, 0.1) is 29.1 Å². The Bertz CT molecular complexity index is 667. The SMILES string of the molecule is CCCCc1ccc(C2CCC(C3CCC(CCC=C(F)C#N)CC3)CC2)cc1. The van der Waals surface area contributed by atoms with Crippen LogP contribution in [0.4, 0.5) is 4.39 Å². The first-order chi connectivity index (χ1) is 14.2. The van der Waals surface area contributed by atoms with Crippen LogP contribution in [0.5, 0.6) is 0 Å². The molecule has 0 saturated heterocycles. The molecule has 1 aromatic rings. The van der Waals surface area contributed by atoms with Gasteiger partial charge in [-0.15, -0.1) is 0 Å². The quantitative estimate of drug-likeness (QED) is 0.406. The summed E-state index contributed by atoms with van der Waals surface area (Å²) >= 11 is 0. The zero-order chi connectivity index (χ0) is 20.5. The number of halogens is 1. The molecule has 0 spiro atoms. The lowest BCUT2D eigenvalue weighted by atomic mass is 9.68. The zero-order valence-corrected chi connectivity index (χ0v) is 18.2. The first kappa shape index (κ1) is 22.1. The van der Waals surface area contributed by atoms with Gasteiger partial charge in [0, 0.05) is 0 Å². The summed E-state index contributed by atoms with van der Waals surface area (Å²) in [6.45, 7) is 2.26. The summed E-state index contributed by atoms with van der Waals surface area (Å²) < 4.78 is 12.9. The van der Waals surface area contributed by atoms with E-state index in [0.717, 1.165) is 36.5 Å². The van der Waals surface area contributed by atoms with E-state index in [2.05, 4.69) is 31.2 Å². The van der Waals surface area contributed by atoms with Crippen LogP contribution in [0.2, 0.25) is 0 Å². The lowest BCUT2D eigenvalue weighted by molar-refractivity contribution is 0.157. The Morgan fingerprint density at radius 1 is 1.00 bits per heavy atom. The van der Waals surface area contributed by atoms with Crippen molar-refractivity contribution in [1.82, 2.24) is 0 Å². The van der Waals surface area contributed by atoms with Crippen LogP contribution in [0.25, 0.3) is 0 Å². The van der Waals surface area contributed by atoms with E-state index in [-0.39, 0.29) is 0 Å². The van der Waals surface area contributed by atoms with Crippen LogP contribution in [0.3, 0.4) is 0 Å². The van der Waals surface area contributed by atoms with Crippen LogP contribution >= 0.6 is 0 Å². The summed E-state index contributed by atoms with van der Waals surface area (Å²) in [5.41, 5.74) is 3.05. The van der Waals surface area contributed by atoms with Crippen LogP contribution in [0.1, 0.15) is 101 Å². The van der Waals surface area contributed by atoms with E-state index in [1.807, 2.05) is 0 Å². The Labute approximate surface area is 177 Å². The second-order valence-corrected chi connectivity index (χ2v) is 9.48. The predicted octanol–water partition coefficient (Wildman–Crippen LogP) is 8.27. The molecule has 0 amide bonds. The molecule has 0 unspecified atom stereocenters. The number of hydrogen-bond donors (Lipinski definition) is 0. The summed E-state index contributed by atoms with van der Waals surface area (Å²) in [5, 5.41) is 8.49. The molecule has 2 saturated carbocycles. The highest BCUT2D eigenvalue weighted by molar-refractivity contribution is 5.26. The van der Waals surface area contributed by atoms with E-state index in [1.165, 1.54) is 82.3 Å². The first-order valence-corrected chi connectivity index (χ1v) is 12.0. The number of rotatable bonds is 8. The van der Waals surface area contributed by atoms with Gasteiger partial charge in [0.2, 0.25) is 0 Å². The molecule has 0 aromatic heterocycles. The molecule has 3 rings (SSSR count). The van der Waals surface area contributed by atoms with Crippen LogP contribution < -0.4 is 0 Å². The minimum atomic E-state index is -0.619. The van der Waals surface area contributed by atoms with Gasteiger partial charge in [0.15, 0.2) is 5.83 Å². The monoisotopic (exact) mass is 395 g/mol. The smallest absolute Gasteiger partial charge is 0.195 e. The van der Waals surface area contributed by atoms with Crippen molar-refractivity contribution in [2.24, 2.45) is 17.8 Å². The molecule has 1 nitrogen and oxygen atoms in total. The minimum Gasteiger partial charge on any atom is -0.195 e. The highest BCUT2D eigenvalue weighted by Gasteiger charge is 2.31. The minimum absolute atomic E-state index is 0.619. The molecule has 0 bridgehead atoms. The second-order valence-electron chi connectivity index (χ2n) is 9.48. The molecule has 2 aliphatic rings. The van der Waals surface area contributed by atoms with Gasteiger partial charge in [-0.1, -0.05) is 50.5 Å². The number of nitrogens with zero attached hydrogens (tertiary/aromatic N) is 1. The Morgan fingerprint density at radius 2 is 1.62 bits per heavy atom. The molecule has 0 heterocycles. The van der Waals surface area contributed by atoms with Crippen LogP contribution in [-0.2, 0) is 6.42 Å². The fourth-order valence-electron chi connectivity index (χ4n) is 5.70. The maximum absolute atomic E-state index is 12.9. The van der Waals surface area contributed by atoms with Crippen LogP contribution in [0.15, 0.2) is 36.2 Å². The van der Waals surface area contributed by atoms with Gasteiger partial charge in [-0.2, -0.15) is 9.65 Å². The number of unbranched alkanes of at least 4 members (excludes halogenated alkanes) is 1. The summed E-state index contributed by atoms with van der Waals surface area (Å²) in [4.78, 5) is 0. The first-order valence-electron chi connectivity index (χ1n) is 12.0. The van der Waals surface area contributed by atoms with Gasteiger partial charge in [0.25, 0.3) is 0 Å². The topological polar surface area (TPSA) is 23.8 Å². The fourth-order valence-corrected chi connectivity index (χ4v) is 5.70. The predicted molar refractivity (Wildman–Crippen MR) is 119 cm³/mol. The molecule has 2 aliphatic carbocycles. The molecule has 2 heteroatoms. The lowest BCUT2D eigenvalue weighted by Crippen LogP contribution is -2.25. The van der Waals surface area contributed by atoms with Gasteiger partial charge >= 0.3 is 0 Å². The number of nitriles is 1. The highest BCUT2D eigenvalue weighted by atomic mass is 19.1. The van der Waals surface area contributed by atoms with Gasteiger partial charge in [-0.3, -0.25) is 0 Å². The third-order valence-electron chi connectivity index (χ3n) is 7.61. The largest absolute Gasteiger partial charge is 0.196 e. The molecule has 0 N–H and O–H groups in total. The molecular weight excluding hydrogens is 357 g/mol. The van der Waals surface area contributed by atoms with E-state index in [4.69, 9.17) is 5.26 Å². The average molecular weight is 396 g/mol. The molecule has 0 aliphatic heterocycles. The number of hydrogen-bond acceptors (Lipinski definition) is 1. The standard InChI is InChI=1S/C27H38FN/c1-2-3-5-21-8-12-23(13-9-21)25-16-18-26(19-17-25)24-14-10-22(11-15-24)6-4-7-27(28)20-29/h7-9,12-13,22,24-26H,2-6,10-11,14-19H2,1H3. The van der Waals surface area contributed by atoms with Crippen molar-refractivity contribution in [1.29, 1.82) is 5.26 Å². The van der Waals surface area contributed by atoms with E-state index >= 15 is 0 Å². The zero-order valence-electron chi connectivity index (χ0n) is 18.2. The molecule has 2 fully saturated rings. The Hall–Kier alpha value is -1.62. The van der Waals surface area contributed by atoms with E-state index in [9.17, 15) is 4.39 Å². The molecule has 0 atom stereocenters. The van der Waals surface area contributed by atoms with Gasteiger partial charge < -0.3 is 0 Å². The van der Waals surface area contributed by atoms with Crippen LogP contribution in [-0.4, -0.2) is 0 Å². The van der Waals surface area contributed by atoms with E-state index < -0.39 is 5.83 Å². The summed E-state index contributed by atoms with van der Waals surface area (Å²) in [6, 6.07) is 11.1. The maximum atomic E-state index is 12.9. The van der Waals surface area contributed by atoms with Crippen molar-refractivity contribution in [3.8, 4) is 6.07 Å². The van der Waals surface area contributed by atoms with Crippen molar-refractivity contribution in [2.75, 3.05) is 0 Å². The summed E-state index contributed by atoms with van der Waals surface area (Å²) in [7, 11) is 0. The Balaban J connectivity index is 1.38. The molecule has 0 radical (unpaired) electrons. The Morgan fingerprint density at radius 3 is 2.21 bits per heavy atom. The number of aryl methyl sites for hydroxylation is 1. The third kappa shape index (κ3) is 6.70. The van der Waals surface area contributed by atoms with E-state index in [0.29, 0.717) is 0 Å². The normalized spacial score (nSPS) is 28.1. The van der Waals surface area contributed by atoms with E-state index in [1.54, 1.807) is 11.6 Å². The lowest BCUT2D eigenvalue weighted by Gasteiger charge is -2.38. The number of allylic oxidation sites excluding steroid dienone is 2. The van der Waals surface area contributed by atoms with Crippen molar-refractivity contribution in [3.63, 3.8) is 0 Å². The third-order valence-corrected chi connectivity index (χ3v) is 7.61. The van der Waals surface area contributed by atoms with Crippen molar-refractivity contribution in [2.45, 2.75) is 96.3 Å². The second kappa shape index (κ2) is 11.5. The molecule has 29 heavy (non-hydrogen) atoms. The molecule has 1 aromatic carbocycles.